The lowest BCUT2D eigenvalue weighted by molar-refractivity contribution is 0.222. The number of furan rings is 1. The highest BCUT2D eigenvalue weighted by Gasteiger charge is 2.22. The third kappa shape index (κ3) is 3.94. The minimum Gasteiger partial charge on any atom is -0.460 e. The number of benzene rings is 1. The van der Waals surface area contributed by atoms with Crippen molar-refractivity contribution < 1.29 is 4.42 Å². The molecule has 0 radical (unpaired) electrons. The van der Waals surface area contributed by atoms with Crippen molar-refractivity contribution in [2.45, 2.75) is 24.7 Å². The van der Waals surface area contributed by atoms with Gasteiger partial charge in [0.15, 0.2) is 5.16 Å². The molecule has 0 atom stereocenters. The zero-order valence-corrected chi connectivity index (χ0v) is 16.9. The van der Waals surface area contributed by atoms with Crippen LogP contribution < -0.4 is 5.56 Å². The summed E-state index contributed by atoms with van der Waals surface area (Å²) in [5.74, 6) is 1.53. The van der Waals surface area contributed by atoms with Crippen LogP contribution in [0.2, 0.25) is 10.0 Å². The van der Waals surface area contributed by atoms with Crippen LogP contribution in [0.1, 0.15) is 17.0 Å². The van der Waals surface area contributed by atoms with Crippen LogP contribution in [0, 0.1) is 0 Å². The molecule has 3 aromatic rings. The zero-order valence-electron chi connectivity index (χ0n) is 14.6. The van der Waals surface area contributed by atoms with Gasteiger partial charge in [0, 0.05) is 30.1 Å². The summed E-state index contributed by atoms with van der Waals surface area (Å²) in [6.07, 6.45) is 2.66. The Hall–Kier alpha value is -1.73. The average Bonchev–Trinajstić information content (AvgIpc) is 3.10. The number of nitrogens with one attached hydrogen (secondary N) is 1. The summed E-state index contributed by atoms with van der Waals surface area (Å²) in [7, 11) is 0. The molecule has 4 rings (SSSR count). The molecule has 1 N–H and O–H groups in total. The van der Waals surface area contributed by atoms with E-state index >= 15 is 0 Å². The Morgan fingerprint density at radius 3 is 2.93 bits per heavy atom. The van der Waals surface area contributed by atoms with E-state index in [0.29, 0.717) is 34.1 Å². The van der Waals surface area contributed by atoms with Crippen LogP contribution in [0.15, 0.2) is 44.7 Å². The second-order valence-electron chi connectivity index (χ2n) is 6.35. The molecule has 1 aliphatic heterocycles. The smallest absolute Gasteiger partial charge is 0.256 e. The molecule has 2 aromatic heterocycles. The number of H-pyrrole nitrogens is 1. The molecule has 0 spiro atoms. The molecule has 0 bridgehead atoms. The molecular formula is C19H17Cl2N3O2S. The summed E-state index contributed by atoms with van der Waals surface area (Å²) < 4.78 is 5.97. The standard InChI is InChI=1S/C19H17Cl2N3O2S/c1-27-19-22-16-6-7-24(10-14(16)18(25)23-19)9-12-3-5-17(26-12)13-4-2-11(20)8-15(13)21/h2-5,8H,6-7,9-10H2,1H3,(H,22,23,25). The first kappa shape index (κ1) is 18.6. The maximum atomic E-state index is 12.3. The third-order valence-electron chi connectivity index (χ3n) is 4.56. The van der Waals surface area contributed by atoms with Gasteiger partial charge in [-0.3, -0.25) is 9.69 Å². The van der Waals surface area contributed by atoms with Crippen LogP contribution in [0.25, 0.3) is 11.3 Å². The van der Waals surface area contributed by atoms with Gasteiger partial charge in [-0.25, -0.2) is 4.98 Å². The fourth-order valence-corrected chi connectivity index (χ4v) is 4.10. The number of aromatic amines is 1. The summed E-state index contributed by atoms with van der Waals surface area (Å²) in [6.45, 7) is 2.01. The van der Waals surface area contributed by atoms with Gasteiger partial charge in [0.1, 0.15) is 11.5 Å². The van der Waals surface area contributed by atoms with Crippen molar-refractivity contribution in [3.8, 4) is 11.3 Å². The van der Waals surface area contributed by atoms with Crippen molar-refractivity contribution >= 4 is 35.0 Å². The fraction of sp³-hybridized carbons (Fsp3) is 0.263. The van der Waals surface area contributed by atoms with Crippen molar-refractivity contribution in [1.29, 1.82) is 0 Å². The number of rotatable bonds is 4. The molecule has 1 aromatic carbocycles. The van der Waals surface area contributed by atoms with Gasteiger partial charge in [0.2, 0.25) is 0 Å². The van der Waals surface area contributed by atoms with E-state index in [1.54, 1.807) is 12.1 Å². The average molecular weight is 422 g/mol. The Kier molecular flexibility index (Phi) is 5.32. The summed E-state index contributed by atoms with van der Waals surface area (Å²) in [5.41, 5.74) is 2.39. The van der Waals surface area contributed by atoms with Crippen LogP contribution >= 0.6 is 35.0 Å². The molecule has 140 valence electrons. The van der Waals surface area contributed by atoms with Crippen molar-refractivity contribution in [2.24, 2.45) is 0 Å². The topological polar surface area (TPSA) is 62.1 Å². The van der Waals surface area contributed by atoms with E-state index in [1.807, 2.05) is 24.5 Å². The van der Waals surface area contributed by atoms with E-state index in [0.717, 1.165) is 35.5 Å². The van der Waals surface area contributed by atoms with Crippen LogP contribution in [0.3, 0.4) is 0 Å². The predicted octanol–water partition coefficient (Wildman–Crippen LogP) is 4.62. The SMILES string of the molecule is CSc1nc2c(c(=O)[nH]1)CN(Cc1ccc(-c3ccc(Cl)cc3Cl)o1)CC2. The van der Waals surface area contributed by atoms with Crippen LogP contribution in [-0.4, -0.2) is 27.7 Å². The third-order valence-corrected chi connectivity index (χ3v) is 5.68. The lowest BCUT2D eigenvalue weighted by Crippen LogP contribution is -2.35. The second-order valence-corrected chi connectivity index (χ2v) is 7.99. The van der Waals surface area contributed by atoms with Gasteiger partial charge in [0.05, 0.1) is 22.8 Å². The summed E-state index contributed by atoms with van der Waals surface area (Å²) in [5, 5.41) is 1.81. The number of hydrogen-bond donors (Lipinski definition) is 1. The molecule has 0 amide bonds. The molecule has 3 heterocycles. The molecule has 0 saturated heterocycles. The van der Waals surface area contributed by atoms with Crippen molar-refractivity contribution in [3.05, 3.63) is 67.7 Å². The Morgan fingerprint density at radius 2 is 2.15 bits per heavy atom. The molecule has 0 fully saturated rings. The zero-order chi connectivity index (χ0) is 19.0. The van der Waals surface area contributed by atoms with E-state index in [1.165, 1.54) is 11.8 Å². The van der Waals surface area contributed by atoms with Gasteiger partial charge in [0.25, 0.3) is 5.56 Å². The van der Waals surface area contributed by atoms with E-state index in [2.05, 4.69) is 14.9 Å². The highest BCUT2D eigenvalue weighted by molar-refractivity contribution is 7.98. The Balaban J connectivity index is 1.51. The first-order valence-corrected chi connectivity index (χ1v) is 10.4. The van der Waals surface area contributed by atoms with Gasteiger partial charge in [-0.1, -0.05) is 35.0 Å². The van der Waals surface area contributed by atoms with Crippen LogP contribution in [0.5, 0.6) is 0 Å². The summed E-state index contributed by atoms with van der Waals surface area (Å²) >= 11 is 13.7. The predicted molar refractivity (Wildman–Crippen MR) is 109 cm³/mol. The summed E-state index contributed by atoms with van der Waals surface area (Å²) in [6, 6.07) is 9.18. The minimum atomic E-state index is -0.0536. The molecule has 0 aliphatic carbocycles. The number of aromatic nitrogens is 2. The first-order valence-electron chi connectivity index (χ1n) is 8.46. The van der Waals surface area contributed by atoms with Crippen molar-refractivity contribution in [3.63, 3.8) is 0 Å². The Bertz CT molecular complexity index is 1050. The van der Waals surface area contributed by atoms with Gasteiger partial charge in [-0.2, -0.15) is 0 Å². The molecule has 27 heavy (non-hydrogen) atoms. The summed E-state index contributed by atoms with van der Waals surface area (Å²) in [4.78, 5) is 21.8. The largest absolute Gasteiger partial charge is 0.460 e. The first-order chi connectivity index (χ1) is 13.0. The Morgan fingerprint density at radius 1 is 1.30 bits per heavy atom. The molecule has 5 nitrogen and oxygen atoms in total. The van der Waals surface area contributed by atoms with E-state index in [-0.39, 0.29) is 5.56 Å². The number of halogens is 2. The highest BCUT2D eigenvalue weighted by atomic mass is 35.5. The number of hydrogen-bond acceptors (Lipinski definition) is 5. The van der Waals surface area contributed by atoms with Gasteiger partial charge >= 0.3 is 0 Å². The maximum Gasteiger partial charge on any atom is 0.256 e. The lowest BCUT2D eigenvalue weighted by atomic mass is 10.1. The Labute approximate surface area is 170 Å². The quantitative estimate of drug-likeness (QED) is 0.491. The van der Waals surface area contributed by atoms with Gasteiger partial charge < -0.3 is 9.40 Å². The van der Waals surface area contributed by atoms with Crippen molar-refractivity contribution in [1.82, 2.24) is 14.9 Å². The normalized spacial score (nSPS) is 14.3. The molecule has 1 aliphatic rings. The number of fused-ring (bicyclic) bond motifs is 1. The minimum absolute atomic E-state index is 0.0536. The van der Waals surface area contributed by atoms with E-state index in [9.17, 15) is 4.79 Å². The number of thioether (sulfide) groups is 1. The molecule has 0 unspecified atom stereocenters. The highest BCUT2D eigenvalue weighted by Crippen LogP contribution is 2.32. The van der Waals surface area contributed by atoms with Crippen LogP contribution in [0.4, 0.5) is 0 Å². The monoisotopic (exact) mass is 421 g/mol. The molecule has 0 saturated carbocycles. The maximum absolute atomic E-state index is 12.3. The number of nitrogens with zero attached hydrogens (tertiary/aromatic N) is 2. The van der Waals surface area contributed by atoms with Gasteiger partial charge in [-0.05, 0) is 36.6 Å². The van der Waals surface area contributed by atoms with E-state index < -0.39 is 0 Å². The van der Waals surface area contributed by atoms with Gasteiger partial charge in [-0.15, -0.1) is 0 Å². The lowest BCUT2D eigenvalue weighted by Gasteiger charge is -2.26. The van der Waals surface area contributed by atoms with Crippen LogP contribution in [-0.2, 0) is 19.5 Å². The molecular weight excluding hydrogens is 405 g/mol. The molecule has 8 heteroatoms. The van der Waals surface area contributed by atoms with Crippen molar-refractivity contribution in [2.75, 3.05) is 12.8 Å². The second kappa shape index (κ2) is 7.72. The fourth-order valence-electron chi connectivity index (χ4n) is 3.21. The van der Waals surface area contributed by atoms with E-state index in [4.69, 9.17) is 27.6 Å².